The van der Waals surface area contributed by atoms with Crippen molar-refractivity contribution in [1.29, 1.82) is 0 Å². The van der Waals surface area contributed by atoms with Crippen molar-refractivity contribution < 1.29 is 9.59 Å². The number of hydrogen-bond donors (Lipinski definition) is 0. The van der Waals surface area contributed by atoms with E-state index in [1.54, 1.807) is 19.9 Å². The van der Waals surface area contributed by atoms with Gasteiger partial charge in [-0.2, -0.15) is 0 Å². The second-order valence-electron chi connectivity index (χ2n) is 3.12. The first kappa shape index (κ1) is 9.65. The molecule has 13 heavy (non-hydrogen) atoms. The van der Waals surface area contributed by atoms with Gasteiger partial charge in [0.2, 0.25) is 0 Å². The van der Waals surface area contributed by atoms with Crippen LogP contribution in [0.5, 0.6) is 0 Å². The molecule has 68 valence electrons. The molecule has 0 heterocycles. The zero-order valence-electron chi connectivity index (χ0n) is 7.89. The van der Waals surface area contributed by atoms with Crippen LogP contribution in [0.1, 0.15) is 20.3 Å². The third-order valence-corrected chi connectivity index (χ3v) is 2.14. The summed E-state index contributed by atoms with van der Waals surface area (Å²) >= 11 is 0. The van der Waals surface area contributed by atoms with E-state index in [1.807, 2.05) is 0 Å². The Hall–Kier alpha value is -1.44. The standard InChI is InChI=1S/C11H12O2/c1-4-5-9-8(3)11(13)7(2)6-10(9)12/h4,6H,1,5H2,2-3H3. The fourth-order valence-electron chi connectivity index (χ4n) is 1.36. The van der Waals surface area contributed by atoms with Gasteiger partial charge in [-0.1, -0.05) is 6.08 Å². The summed E-state index contributed by atoms with van der Waals surface area (Å²) in [5, 5.41) is 0. The van der Waals surface area contributed by atoms with E-state index in [0.29, 0.717) is 23.1 Å². The maximum atomic E-state index is 11.4. The fraction of sp³-hybridized carbons (Fsp3) is 0.273. The van der Waals surface area contributed by atoms with Gasteiger partial charge >= 0.3 is 0 Å². The molecule has 0 amide bonds. The Balaban J connectivity index is 3.13. The van der Waals surface area contributed by atoms with Crippen LogP contribution in [0.15, 0.2) is 35.5 Å². The van der Waals surface area contributed by atoms with Crippen molar-refractivity contribution in [1.82, 2.24) is 0 Å². The predicted molar refractivity (Wildman–Crippen MR) is 51.3 cm³/mol. The average Bonchev–Trinajstić information content (AvgIpc) is 2.09. The van der Waals surface area contributed by atoms with Crippen LogP contribution in [0.2, 0.25) is 0 Å². The van der Waals surface area contributed by atoms with Crippen LogP contribution in [-0.2, 0) is 9.59 Å². The molecule has 1 aliphatic rings. The van der Waals surface area contributed by atoms with Crippen molar-refractivity contribution in [3.05, 3.63) is 35.5 Å². The molecule has 0 saturated heterocycles. The lowest BCUT2D eigenvalue weighted by Gasteiger charge is -2.12. The van der Waals surface area contributed by atoms with Gasteiger partial charge in [-0.3, -0.25) is 9.59 Å². The minimum Gasteiger partial charge on any atom is -0.290 e. The highest BCUT2D eigenvalue weighted by molar-refractivity contribution is 6.22. The quantitative estimate of drug-likeness (QED) is 0.476. The molecule has 0 aliphatic heterocycles. The molecular weight excluding hydrogens is 164 g/mol. The van der Waals surface area contributed by atoms with Gasteiger partial charge in [0.05, 0.1) is 0 Å². The molecule has 0 aromatic carbocycles. The molecule has 0 atom stereocenters. The van der Waals surface area contributed by atoms with E-state index in [0.717, 1.165) is 0 Å². The summed E-state index contributed by atoms with van der Waals surface area (Å²) in [6.07, 6.45) is 3.51. The molecule has 0 unspecified atom stereocenters. The van der Waals surface area contributed by atoms with Gasteiger partial charge in [0.25, 0.3) is 0 Å². The summed E-state index contributed by atoms with van der Waals surface area (Å²) < 4.78 is 0. The van der Waals surface area contributed by atoms with Crippen LogP contribution in [0.4, 0.5) is 0 Å². The van der Waals surface area contributed by atoms with Crippen molar-refractivity contribution in [3.8, 4) is 0 Å². The Morgan fingerprint density at radius 1 is 1.38 bits per heavy atom. The van der Waals surface area contributed by atoms with Crippen LogP contribution in [-0.4, -0.2) is 11.6 Å². The third-order valence-electron chi connectivity index (χ3n) is 2.14. The van der Waals surface area contributed by atoms with Crippen molar-refractivity contribution in [3.63, 3.8) is 0 Å². The highest BCUT2D eigenvalue weighted by Gasteiger charge is 2.21. The largest absolute Gasteiger partial charge is 0.290 e. The number of ketones is 2. The topological polar surface area (TPSA) is 34.1 Å². The first-order valence-electron chi connectivity index (χ1n) is 4.16. The maximum absolute atomic E-state index is 11.4. The van der Waals surface area contributed by atoms with E-state index in [-0.39, 0.29) is 11.6 Å². The zero-order valence-corrected chi connectivity index (χ0v) is 7.89. The van der Waals surface area contributed by atoms with Crippen molar-refractivity contribution in [2.24, 2.45) is 0 Å². The second kappa shape index (κ2) is 3.52. The number of carbonyl (C=O) groups is 2. The van der Waals surface area contributed by atoms with Gasteiger partial charge in [-0.05, 0) is 26.3 Å². The molecule has 0 aromatic rings. The number of Topliss-reactive ketones (excluding diaryl/α,β-unsaturated/α-hetero) is 1. The van der Waals surface area contributed by atoms with Crippen LogP contribution in [0.3, 0.4) is 0 Å². The minimum absolute atomic E-state index is 0.0311. The number of hydrogen-bond acceptors (Lipinski definition) is 2. The lowest BCUT2D eigenvalue weighted by Crippen LogP contribution is -2.16. The first-order chi connectivity index (χ1) is 6.07. The van der Waals surface area contributed by atoms with Gasteiger partial charge in [-0.25, -0.2) is 0 Å². The number of rotatable bonds is 2. The average molecular weight is 176 g/mol. The monoisotopic (exact) mass is 176 g/mol. The Kier molecular flexibility index (Phi) is 2.61. The van der Waals surface area contributed by atoms with Crippen molar-refractivity contribution in [2.75, 3.05) is 0 Å². The molecule has 0 N–H and O–H groups in total. The van der Waals surface area contributed by atoms with Gasteiger partial charge < -0.3 is 0 Å². The van der Waals surface area contributed by atoms with Crippen LogP contribution in [0.25, 0.3) is 0 Å². The molecule has 0 bridgehead atoms. The number of allylic oxidation sites excluding steroid dienone is 5. The Labute approximate surface area is 77.6 Å². The first-order valence-corrected chi connectivity index (χ1v) is 4.16. The molecule has 1 aliphatic carbocycles. The van der Waals surface area contributed by atoms with Gasteiger partial charge in [0.15, 0.2) is 11.6 Å². The van der Waals surface area contributed by atoms with E-state index in [9.17, 15) is 9.59 Å². The molecule has 2 nitrogen and oxygen atoms in total. The van der Waals surface area contributed by atoms with E-state index >= 15 is 0 Å². The fourth-order valence-corrected chi connectivity index (χ4v) is 1.36. The SMILES string of the molecule is C=CCC1=C(C)C(=O)C(C)=CC1=O. The normalized spacial score (nSPS) is 17.5. The highest BCUT2D eigenvalue weighted by Crippen LogP contribution is 2.20. The zero-order chi connectivity index (χ0) is 10.0. The lowest BCUT2D eigenvalue weighted by molar-refractivity contribution is -0.115. The molecule has 0 aromatic heterocycles. The van der Waals surface area contributed by atoms with Crippen LogP contribution >= 0.6 is 0 Å². The van der Waals surface area contributed by atoms with E-state index in [4.69, 9.17) is 0 Å². The van der Waals surface area contributed by atoms with E-state index < -0.39 is 0 Å². The molecule has 0 spiro atoms. The van der Waals surface area contributed by atoms with Crippen LogP contribution in [0, 0.1) is 0 Å². The maximum Gasteiger partial charge on any atom is 0.184 e. The molecule has 0 fully saturated rings. The van der Waals surface area contributed by atoms with Crippen LogP contribution < -0.4 is 0 Å². The molecule has 2 heteroatoms. The second-order valence-corrected chi connectivity index (χ2v) is 3.12. The summed E-state index contributed by atoms with van der Waals surface area (Å²) in [7, 11) is 0. The molecular formula is C11H12O2. The van der Waals surface area contributed by atoms with Gasteiger partial charge in [0, 0.05) is 16.7 Å². The lowest BCUT2D eigenvalue weighted by atomic mass is 9.89. The van der Waals surface area contributed by atoms with Gasteiger partial charge in [0.1, 0.15) is 0 Å². The molecule has 0 radical (unpaired) electrons. The minimum atomic E-state index is -0.0606. The van der Waals surface area contributed by atoms with Crippen molar-refractivity contribution >= 4 is 11.6 Å². The van der Waals surface area contributed by atoms with Crippen molar-refractivity contribution in [2.45, 2.75) is 20.3 Å². The summed E-state index contributed by atoms with van der Waals surface area (Å²) in [5.74, 6) is -0.0917. The van der Waals surface area contributed by atoms with Gasteiger partial charge in [-0.15, -0.1) is 6.58 Å². The Bertz CT molecular complexity index is 343. The van der Waals surface area contributed by atoms with E-state index in [1.165, 1.54) is 6.08 Å². The molecule has 0 saturated carbocycles. The summed E-state index contributed by atoms with van der Waals surface area (Å²) in [4.78, 5) is 22.9. The Morgan fingerprint density at radius 2 is 2.00 bits per heavy atom. The smallest absolute Gasteiger partial charge is 0.184 e. The predicted octanol–water partition coefficient (Wildman–Crippen LogP) is 1.98. The number of carbonyl (C=O) groups excluding carboxylic acids is 2. The Morgan fingerprint density at radius 3 is 2.54 bits per heavy atom. The summed E-state index contributed by atoms with van der Waals surface area (Å²) in [5.41, 5.74) is 1.66. The third kappa shape index (κ3) is 1.66. The summed E-state index contributed by atoms with van der Waals surface area (Å²) in [6.45, 7) is 6.90. The molecule has 1 rings (SSSR count). The van der Waals surface area contributed by atoms with E-state index in [2.05, 4.69) is 6.58 Å². The summed E-state index contributed by atoms with van der Waals surface area (Å²) in [6, 6.07) is 0. The highest BCUT2D eigenvalue weighted by atomic mass is 16.1.